The molecule has 0 bridgehead atoms. The molecule has 1 aromatic carbocycles. The molecule has 0 atom stereocenters. The van der Waals surface area contributed by atoms with Gasteiger partial charge in [0.15, 0.2) is 0 Å². The molecule has 0 saturated carbocycles. The highest BCUT2D eigenvalue weighted by molar-refractivity contribution is 6.31. The first kappa shape index (κ1) is 14.4. The number of carboxylic acids is 1. The van der Waals surface area contributed by atoms with Crippen molar-refractivity contribution < 1.29 is 19.4 Å². The zero-order valence-electron chi connectivity index (χ0n) is 11.1. The fourth-order valence-electron chi connectivity index (χ4n) is 2.04. The third-order valence-electron chi connectivity index (χ3n) is 2.77. The van der Waals surface area contributed by atoms with E-state index in [0.717, 1.165) is 0 Å². The molecule has 1 heterocycles. The number of carboxylic acid groups (broad SMARTS) is 1. The number of hydrogen-bond acceptors (Lipinski definition) is 3. The highest BCUT2D eigenvalue weighted by Crippen LogP contribution is 2.26. The molecule has 0 saturated heterocycles. The highest BCUT2D eigenvalue weighted by Gasteiger charge is 2.20. The predicted molar refractivity (Wildman–Crippen MR) is 75.2 cm³/mol. The number of aromatic nitrogens is 1. The van der Waals surface area contributed by atoms with Crippen LogP contribution in [0, 0.1) is 0 Å². The van der Waals surface area contributed by atoms with Gasteiger partial charge < -0.3 is 14.8 Å². The van der Waals surface area contributed by atoms with Crippen molar-refractivity contribution in [2.24, 2.45) is 0 Å². The van der Waals surface area contributed by atoms with Gasteiger partial charge in [-0.05, 0) is 26.0 Å². The van der Waals surface area contributed by atoms with E-state index in [0.29, 0.717) is 21.5 Å². The Labute approximate surface area is 120 Å². The van der Waals surface area contributed by atoms with Crippen molar-refractivity contribution in [1.29, 1.82) is 0 Å². The molecule has 6 heteroatoms. The van der Waals surface area contributed by atoms with Gasteiger partial charge in [0.25, 0.3) is 0 Å². The van der Waals surface area contributed by atoms with Gasteiger partial charge in [-0.25, -0.2) is 4.79 Å². The fraction of sp³-hybridized carbons (Fsp3) is 0.286. The molecular weight excluding hydrogens is 282 g/mol. The molecule has 20 heavy (non-hydrogen) atoms. The summed E-state index contributed by atoms with van der Waals surface area (Å²) in [7, 11) is 0. The number of halogens is 1. The number of H-pyrrole nitrogens is 1. The van der Waals surface area contributed by atoms with E-state index in [1.165, 1.54) is 0 Å². The minimum Gasteiger partial charge on any atom is -0.477 e. The SMILES string of the molecule is CC(C)OC(=O)Cc1c(C(=O)O)[nH]c2cc(Cl)ccc12. The minimum absolute atomic E-state index is 0.0111. The second-order valence-corrected chi connectivity index (χ2v) is 5.13. The monoisotopic (exact) mass is 295 g/mol. The molecule has 106 valence electrons. The number of rotatable bonds is 4. The summed E-state index contributed by atoms with van der Waals surface area (Å²) in [6.45, 7) is 3.48. The molecule has 0 radical (unpaired) electrons. The lowest BCUT2D eigenvalue weighted by atomic mass is 10.1. The van der Waals surface area contributed by atoms with Crippen molar-refractivity contribution in [3.05, 3.63) is 34.5 Å². The molecular formula is C14H14ClNO4. The summed E-state index contributed by atoms with van der Waals surface area (Å²) in [6.07, 6.45) is -0.336. The van der Waals surface area contributed by atoms with E-state index >= 15 is 0 Å². The van der Waals surface area contributed by atoms with Gasteiger partial charge in [0.2, 0.25) is 0 Å². The first-order valence-corrected chi connectivity index (χ1v) is 6.49. The van der Waals surface area contributed by atoms with Crippen LogP contribution >= 0.6 is 11.6 Å². The number of aromatic carboxylic acids is 1. The first-order valence-electron chi connectivity index (χ1n) is 6.11. The summed E-state index contributed by atoms with van der Waals surface area (Å²) >= 11 is 5.88. The maximum absolute atomic E-state index is 11.8. The summed E-state index contributed by atoms with van der Waals surface area (Å²) < 4.78 is 5.06. The Hall–Kier alpha value is -2.01. The lowest BCUT2D eigenvalue weighted by Crippen LogP contribution is -2.15. The number of ether oxygens (including phenoxy) is 1. The average Bonchev–Trinajstić information content (AvgIpc) is 2.66. The zero-order chi connectivity index (χ0) is 14.9. The molecule has 0 aliphatic rings. The number of carbonyl (C=O) groups excluding carboxylic acids is 1. The Morgan fingerprint density at radius 1 is 1.40 bits per heavy atom. The summed E-state index contributed by atoms with van der Waals surface area (Å²) in [6, 6.07) is 4.97. The minimum atomic E-state index is -1.12. The Morgan fingerprint density at radius 2 is 2.10 bits per heavy atom. The molecule has 0 fully saturated rings. The number of esters is 1. The van der Waals surface area contributed by atoms with Crippen molar-refractivity contribution in [1.82, 2.24) is 4.98 Å². The van der Waals surface area contributed by atoms with Crippen LogP contribution in [0.3, 0.4) is 0 Å². The van der Waals surface area contributed by atoms with E-state index in [2.05, 4.69) is 4.98 Å². The van der Waals surface area contributed by atoms with Crippen molar-refractivity contribution in [2.75, 3.05) is 0 Å². The largest absolute Gasteiger partial charge is 0.477 e. The third kappa shape index (κ3) is 2.93. The van der Waals surface area contributed by atoms with Crippen molar-refractivity contribution in [3.8, 4) is 0 Å². The van der Waals surface area contributed by atoms with Gasteiger partial charge in [0.05, 0.1) is 12.5 Å². The Bertz CT molecular complexity index is 675. The second kappa shape index (κ2) is 5.54. The first-order chi connectivity index (χ1) is 9.38. The number of aromatic amines is 1. The molecule has 0 spiro atoms. The number of benzene rings is 1. The molecule has 2 N–H and O–H groups in total. The van der Waals surface area contributed by atoms with Crippen LogP contribution in [0.15, 0.2) is 18.2 Å². The zero-order valence-corrected chi connectivity index (χ0v) is 11.8. The maximum atomic E-state index is 11.8. The number of nitrogens with one attached hydrogen (secondary N) is 1. The standard InChI is InChI=1S/C14H14ClNO4/c1-7(2)20-12(17)6-10-9-4-3-8(15)5-11(9)16-13(10)14(18)19/h3-5,7,16H,6H2,1-2H3,(H,18,19). The molecule has 0 unspecified atom stereocenters. The number of fused-ring (bicyclic) bond motifs is 1. The van der Waals surface area contributed by atoms with E-state index in [1.54, 1.807) is 32.0 Å². The predicted octanol–water partition coefficient (Wildman–Crippen LogP) is 3.01. The van der Waals surface area contributed by atoms with Gasteiger partial charge in [-0.3, -0.25) is 4.79 Å². The van der Waals surface area contributed by atoms with Crippen LogP contribution in [0.25, 0.3) is 10.9 Å². The van der Waals surface area contributed by atoms with Gasteiger partial charge in [0, 0.05) is 21.5 Å². The van der Waals surface area contributed by atoms with E-state index in [1.807, 2.05) is 0 Å². The lowest BCUT2D eigenvalue weighted by Gasteiger charge is -2.07. The van der Waals surface area contributed by atoms with Gasteiger partial charge in [-0.15, -0.1) is 0 Å². The van der Waals surface area contributed by atoms with E-state index in [4.69, 9.17) is 16.3 Å². The van der Waals surface area contributed by atoms with E-state index in [9.17, 15) is 14.7 Å². The van der Waals surface area contributed by atoms with Crippen molar-refractivity contribution in [3.63, 3.8) is 0 Å². The molecule has 2 aromatic rings. The molecule has 1 aromatic heterocycles. The summed E-state index contributed by atoms with van der Waals surface area (Å²) in [5.41, 5.74) is 0.986. The summed E-state index contributed by atoms with van der Waals surface area (Å²) in [4.78, 5) is 25.8. The number of carbonyl (C=O) groups is 2. The highest BCUT2D eigenvalue weighted by atomic mass is 35.5. The van der Waals surface area contributed by atoms with Crippen LogP contribution in [0.2, 0.25) is 5.02 Å². The van der Waals surface area contributed by atoms with Crippen LogP contribution in [0.4, 0.5) is 0 Å². The van der Waals surface area contributed by atoms with Crippen molar-refractivity contribution in [2.45, 2.75) is 26.4 Å². The quantitative estimate of drug-likeness (QED) is 0.850. The maximum Gasteiger partial charge on any atom is 0.352 e. The van der Waals surface area contributed by atoms with Gasteiger partial charge in [-0.1, -0.05) is 17.7 Å². The lowest BCUT2D eigenvalue weighted by molar-refractivity contribution is -0.146. The van der Waals surface area contributed by atoms with Gasteiger partial charge in [-0.2, -0.15) is 0 Å². The fourth-order valence-corrected chi connectivity index (χ4v) is 2.21. The van der Waals surface area contributed by atoms with Crippen LogP contribution < -0.4 is 0 Å². The van der Waals surface area contributed by atoms with Crippen LogP contribution in [0.1, 0.15) is 29.9 Å². The Morgan fingerprint density at radius 3 is 2.70 bits per heavy atom. The van der Waals surface area contributed by atoms with Crippen LogP contribution in [-0.2, 0) is 16.0 Å². The van der Waals surface area contributed by atoms with Crippen LogP contribution in [-0.4, -0.2) is 28.1 Å². The topological polar surface area (TPSA) is 79.4 Å². The Kier molecular flexibility index (Phi) is 3.99. The normalized spacial score (nSPS) is 11.0. The van der Waals surface area contributed by atoms with Gasteiger partial charge in [0.1, 0.15) is 5.69 Å². The molecule has 5 nitrogen and oxygen atoms in total. The Balaban J connectivity index is 2.46. The molecule has 0 aliphatic carbocycles. The average molecular weight is 296 g/mol. The summed E-state index contributed by atoms with van der Waals surface area (Å²) in [5, 5.41) is 10.4. The number of hydrogen-bond donors (Lipinski definition) is 2. The third-order valence-corrected chi connectivity index (χ3v) is 3.01. The molecule has 0 aliphatic heterocycles. The smallest absolute Gasteiger partial charge is 0.352 e. The molecule has 0 amide bonds. The summed E-state index contributed by atoms with van der Waals surface area (Å²) in [5.74, 6) is -1.58. The van der Waals surface area contributed by atoms with Crippen LogP contribution in [0.5, 0.6) is 0 Å². The van der Waals surface area contributed by atoms with Crippen molar-refractivity contribution >= 4 is 34.4 Å². The van der Waals surface area contributed by atoms with E-state index in [-0.39, 0.29) is 18.2 Å². The molecule has 2 rings (SSSR count). The van der Waals surface area contributed by atoms with E-state index < -0.39 is 11.9 Å². The van der Waals surface area contributed by atoms with Gasteiger partial charge >= 0.3 is 11.9 Å². The second-order valence-electron chi connectivity index (χ2n) is 4.69.